The van der Waals surface area contributed by atoms with E-state index in [1.165, 1.54) is 83.6 Å². The molecule has 2 heterocycles. The maximum atomic E-state index is 2.54. The van der Waals surface area contributed by atoms with Crippen LogP contribution in [0.5, 0.6) is 0 Å². The van der Waals surface area contributed by atoms with Gasteiger partial charge in [0.15, 0.2) is 0 Å². The Balaban J connectivity index is 1.26. The lowest BCUT2D eigenvalue weighted by Gasteiger charge is -2.45. The minimum Gasteiger partial charge on any atom is -0.311 e. The van der Waals surface area contributed by atoms with Crippen LogP contribution < -0.4 is 26.2 Å². The van der Waals surface area contributed by atoms with E-state index in [1.807, 2.05) is 0 Å². The highest BCUT2D eigenvalue weighted by Crippen LogP contribution is 2.48. The third kappa shape index (κ3) is 5.43. The van der Waals surface area contributed by atoms with Gasteiger partial charge in [0, 0.05) is 34.0 Å². The molecule has 0 fully saturated rings. The molecule has 0 unspecified atom stereocenters. The molecule has 9 aromatic carbocycles. The van der Waals surface area contributed by atoms with Gasteiger partial charge < -0.3 is 9.80 Å². The number of nitrogens with zero attached hydrogens (tertiary/aromatic N) is 2. The predicted octanol–water partition coefficient (Wildman–Crippen LogP) is 12.4. The van der Waals surface area contributed by atoms with Gasteiger partial charge in [-0.2, -0.15) is 0 Å². The van der Waals surface area contributed by atoms with Crippen LogP contribution in [-0.4, -0.2) is 6.71 Å². The number of hydrogen-bond acceptors (Lipinski definition) is 2. The van der Waals surface area contributed by atoms with Crippen molar-refractivity contribution in [2.24, 2.45) is 0 Å². The topological polar surface area (TPSA) is 6.48 Å². The first-order valence-corrected chi connectivity index (χ1v) is 19.7. The second kappa shape index (κ2) is 13.7. The third-order valence-electron chi connectivity index (χ3n) is 11.7. The van der Waals surface area contributed by atoms with Gasteiger partial charge >= 0.3 is 0 Å². The standard InChI is InChI=1S/C54H37BN2/c1-5-19-38(20-6-1)42-27-15-28-43(37-42)56-48-33-16-30-45(40-23-9-3-10-24-40)52(48)55-53-46(41-25-11-4-12-26-41)31-17-34-49(53)57(51-36-18-35-50(56)54(51)55)47-32-14-13-29-44(47)39-21-7-2-8-22-39/h1-37H. The molecule has 2 nitrogen and oxygen atoms in total. The van der Waals surface area contributed by atoms with Crippen molar-refractivity contribution < 1.29 is 0 Å². The van der Waals surface area contributed by atoms with Crippen LogP contribution >= 0.6 is 0 Å². The molecule has 0 aliphatic carbocycles. The summed E-state index contributed by atoms with van der Waals surface area (Å²) in [5.74, 6) is 0. The van der Waals surface area contributed by atoms with Gasteiger partial charge in [-0.3, -0.25) is 0 Å². The van der Waals surface area contributed by atoms with Gasteiger partial charge in [-0.15, -0.1) is 0 Å². The summed E-state index contributed by atoms with van der Waals surface area (Å²) in [7, 11) is 0. The molecule has 0 radical (unpaired) electrons. The molecule has 0 atom stereocenters. The highest BCUT2D eigenvalue weighted by atomic mass is 15.2. The number of hydrogen-bond donors (Lipinski definition) is 0. The third-order valence-corrected chi connectivity index (χ3v) is 11.7. The number of fused-ring (bicyclic) bond motifs is 4. The Kier molecular flexibility index (Phi) is 7.96. The van der Waals surface area contributed by atoms with Crippen LogP contribution in [0.3, 0.4) is 0 Å². The van der Waals surface area contributed by atoms with E-state index in [1.54, 1.807) is 0 Å². The molecular formula is C54H37BN2. The predicted molar refractivity (Wildman–Crippen MR) is 242 cm³/mol. The monoisotopic (exact) mass is 724 g/mol. The lowest BCUT2D eigenvalue weighted by molar-refractivity contribution is 1.25. The smallest absolute Gasteiger partial charge is 0.253 e. The Morgan fingerprint density at radius 1 is 0.246 bits per heavy atom. The first kappa shape index (κ1) is 33.0. The van der Waals surface area contributed by atoms with Crippen molar-refractivity contribution in [1.29, 1.82) is 0 Å². The van der Waals surface area contributed by atoms with Gasteiger partial charge in [0.05, 0.1) is 5.69 Å². The molecule has 3 heteroatoms. The molecule has 2 aliphatic heterocycles. The van der Waals surface area contributed by atoms with E-state index in [0.717, 1.165) is 11.4 Å². The zero-order chi connectivity index (χ0) is 37.7. The van der Waals surface area contributed by atoms with Crippen molar-refractivity contribution in [2.45, 2.75) is 0 Å². The fourth-order valence-electron chi connectivity index (χ4n) is 9.28. The maximum Gasteiger partial charge on any atom is 0.253 e. The molecule has 9 aromatic rings. The largest absolute Gasteiger partial charge is 0.311 e. The average Bonchev–Trinajstić information content (AvgIpc) is 3.30. The van der Waals surface area contributed by atoms with Crippen molar-refractivity contribution in [3.63, 3.8) is 0 Å². The number of rotatable bonds is 6. The summed E-state index contributed by atoms with van der Waals surface area (Å²) in [6.45, 7) is -0.0531. The van der Waals surface area contributed by atoms with Crippen LogP contribution in [0.2, 0.25) is 0 Å². The van der Waals surface area contributed by atoms with Gasteiger partial charge in [-0.05, 0) is 97.8 Å². The molecule has 0 aromatic heterocycles. The van der Waals surface area contributed by atoms with Gasteiger partial charge in [0.25, 0.3) is 6.71 Å². The van der Waals surface area contributed by atoms with Crippen LogP contribution in [0.4, 0.5) is 34.1 Å². The Morgan fingerprint density at radius 3 is 1.19 bits per heavy atom. The maximum absolute atomic E-state index is 2.54. The van der Waals surface area contributed by atoms with Gasteiger partial charge in [-0.25, -0.2) is 0 Å². The molecule has 2 aliphatic rings. The molecule has 266 valence electrons. The average molecular weight is 725 g/mol. The first-order chi connectivity index (χ1) is 28.3. The second-order valence-corrected chi connectivity index (χ2v) is 14.8. The molecule has 0 bridgehead atoms. The molecule has 11 rings (SSSR count). The lowest BCUT2D eigenvalue weighted by Crippen LogP contribution is -2.62. The van der Waals surface area contributed by atoms with E-state index in [4.69, 9.17) is 0 Å². The summed E-state index contributed by atoms with van der Waals surface area (Å²) >= 11 is 0. The number of anilines is 6. The Bertz CT molecular complexity index is 2910. The summed E-state index contributed by atoms with van der Waals surface area (Å²) in [6.07, 6.45) is 0. The summed E-state index contributed by atoms with van der Waals surface area (Å²) in [5, 5.41) is 0. The summed E-state index contributed by atoms with van der Waals surface area (Å²) in [4.78, 5) is 5.05. The first-order valence-electron chi connectivity index (χ1n) is 19.7. The normalized spacial score (nSPS) is 12.5. The Morgan fingerprint density at radius 2 is 0.614 bits per heavy atom. The highest BCUT2D eigenvalue weighted by Gasteiger charge is 2.45. The van der Waals surface area contributed by atoms with Crippen LogP contribution in [0.15, 0.2) is 224 Å². The van der Waals surface area contributed by atoms with E-state index in [2.05, 4.69) is 234 Å². The van der Waals surface area contributed by atoms with Crippen molar-refractivity contribution in [3.8, 4) is 44.5 Å². The molecular weight excluding hydrogens is 687 g/mol. The van der Waals surface area contributed by atoms with Gasteiger partial charge in [0.1, 0.15) is 0 Å². The molecule has 0 amide bonds. The highest BCUT2D eigenvalue weighted by molar-refractivity contribution is 7.01. The van der Waals surface area contributed by atoms with E-state index >= 15 is 0 Å². The molecule has 0 N–H and O–H groups in total. The molecule has 57 heavy (non-hydrogen) atoms. The van der Waals surface area contributed by atoms with Crippen molar-refractivity contribution in [3.05, 3.63) is 224 Å². The zero-order valence-electron chi connectivity index (χ0n) is 31.3. The lowest BCUT2D eigenvalue weighted by atomic mass is 9.32. The minimum atomic E-state index is -0.0531. The molecule has 0 saturated heterocycles. The summed E-state index contributed by atoms with van der Waals surface area (Å²) < 4.78 is 0. The van der Waals surface area contributed by atoms with E-state index < -0.39 is 0 Å². The number of benzene rings is 9. The summed E-state index contributed by atoms with van der Waals surface area (Å²) in [6, 6.07) is 82.0. The Hall–Kier alpha value is -7.36. The van der Waals surface area contributed by atoms with Gasteiger partial charge in [-0.1, -0.05) is 182 Å². The van der Waals surface area contributed by atoms with Crippen LogP contribution in [0, 0.1) is 0 Å². The quantitative estimate of drug-likeness (QED) is 0.158. The van der Waals surface area contributed by atoms with Crippen LogP contribution in [0.25, 0.3) is 44.5 Å². The van der Waals surface area contributed by atoms with Crippen molar-refractivity contribution in [2.75, 3.05) is 9.80 Å². The van der Waals surface area contributed by atoms with Gasteiger partial charge in [0.2, 0.25) is 0 Å². The van der Waals surface area contributed by atoms with E-state index in [0.29, 0.717) is 0 Å². The number of para-hydroxylation sites is 1. The van der Waals surface area contributed by atoms with Crippen molar-refractivity contribution >= 4 is 57.2 Å². The van der Waals surface area contributed by atoms with Crippen molar-refractivity contribution in [1.82, 2.24) is 0 Å². The zero-order valence-corrected chi connectivity index (χ0v) is 31.3. The van der Waals surface area contributed by atoms with Crippen LogP contribution in [0.1, 0.15) is 0 Å². The Labute approximate surface area is 334 Å². The van der Waals surface area contributed by atoms with E-state index in [9.17, 15) is 0 Å². The van der Waals surface area contributed by atoms with E-state index in [-0.39, 0.29) is 6.71 Å². The fraction of sp³-hybridized carbons (Fsp3) is 0. The summed E-state index contributed by atoms with van der Waals surface area (Å²) in [5.41, 5.74) is 20.7. The minimum absolute atomic E-state index is 0.0531. The fourth-order valence-corrected chi connectivity index (χ4v) is 9.28. The SMILES string of the molecule is c1ccc(-c2cccc(N3c4cccc(-c5ccccc5)c4B4c5c(-c6ccccc6)cccc5N(c5ccccc5-c5ccccc5)c5cccc3c54)c2)cc1. The molecule has 0 saturated carbocycles. The second-order valence-electron chi connectivity index (χ2n) is 14.8. The molecule has 0 spiro atoms. The van der Waals surface area contributed by atoms with Crippen LogP contribution in [-0.2, 0) is 0 Å².